The summed E-state index contributed by atoms with van der Waals surface area (Å²) >= 11 is 1.23. The van der Waals surface area contributed by atoms with Crippen molar-refractivity contribution in [2.75, 3.05) is 209 Å². The molecular formula is C68H133N7O21S. The van der Waals surface area contributed by atoms with Gasteiger partial charge in [-0.2, -0.15) is 11.8 Å². The molecule has 572 valence electrons. The number of amides is 6. The minimum atomic E-state index is -1.24. The molecule has 6 amide bonds. The third kappa shape index (κ3) is 71.8. The van der Waals surface area contributed by atoms with E-state index in [1.54, 1.807) is 0 Å². The molecule has 0 aliphatic carbocycles. The van der Waals surface area contributed by atoms with E-state index < -0.39 is 54.7 Å². The number of primary amides is 1. The van der Waals surface area contributed by atoms with Crippen molar-refractivity contribution < 1.29 is 100 Å². The topological polar surface area (TPSA) is 364 Å². The van der Waals surface area contributed by atoms with Crippen LogP contribution in [0.2, 0.25) is 0 Å². The number of hydrogen-bond donors (Lipinski definition) is 8. The lowest BCUT2D eigenvalue weighted by molar-refractivity contribution is -0.130. The molecule has 3 atom stereocenters. The van der Waals surface area contributed by atoms with Gasteiger partial charge in [-0.1, -0.05) is 155 Å². The van der Waals surface area contributed by atoms with E-state index in [0.717, 1.165) is 38.5 Å². The molecule has 0 rings (SSSR count). The standard InChI is InChI=1S/C68H133N7O21S/c1-3-5-7-9-11-13-15-17-19-21-23-25-28-72-67(81)95-57-60(96-68(82)73-29-26-24-22-20-18-16-14-12-10-8-6-4-2)58-97-59-61(69)65(79)75-62(56-76)66(80)71-30-32-84-34-36-86-38-40-88-42-44-90-46-48-92-50-52-94-54-53-93-51-49-91-47-45-89-43-41-87-39-37-85-35-33-83-31-27-64(78)74-55-63(70)77/h60-62,76H,3-59,69H2,1-2H3,(H2,70,77)(H,71,80)(H,72,81)(H,73,82)(H,74,78)(H,75,79)/t60-,61+,62+/m1/s1. The molecule has 0 aromatic heterocycles. The molecule has 97 heavy (non-hydrogen) atoms. The lowest BCUT2D eigenvalue weighted by atomic mass is 10.1. The van der Waals surface area contributed by atoms with Crippen LogP contribution in [-0.4, -0.2) is 269 Å². The van der Waals surface area contributed by atoms with Crippen LogP contribution in [0.5, 0.6) is 0 Å². The smallest absolute Gasteiger partial charge is 0.407 e. The number of unbranched alkanes of at least 4 members (excludes halogenated alkanes) is 22. The number of ether oxygens (including phenoxy) is 14. The summed E-state index contributed by atoms with van der Waals surface area (Å²) in [4.78, 5) is 73.4. The summed E-state index contributed by atoms with van der Waals surface area (Å²) in [5.41, 5.74) is 11.2. The third-order valence-electron chi connectivity index (χ3n) is 14.6. The van der Waals surface area contributed by atoms with Crippen LogP contribution in [0.1, 0.15) is 174 Å². The average molecular weight is 1420 g/mol. The van der Waals surface area contributed by atoms with Crippen molar-refractivity contribution in [1.82, 2.24) is 26.6 Å². The first-order chi connectivity index (χ1) is 47.5. The summed E-state index contributed by atoms with van der Waals surface area (Å²) in [6, 6.07) is -2.30. The summed E-state index contributed by atoms with van der Waals surface area (Å²) < 4.78 is 77.0. The first-order valence-corrected chi connectivity index (χ1v) is 37.5. The first kappa shape index (κ1) is 93.2. The maximum Gasteiger partial charge on any atom is 0.407 e. The van der Waals surface area contributed by atoms with E-state index in [9.17, 15) is 33.9 Å². The molecule has 0 aromatic rings. The molecule has 0 radical (unpaired) electrons. The van der Waals surface area contributed by atoms with E-state index in [4.69, 9.17) is 77.8 Å². The van der Waals surface area contributed by atoms with Gasteiger partial charge < -0.3 is 109 Å². The van der Waals surface area contributed by atoms with Gasteiger partial charge in [0.05, 0.1) is 178 Å². The Morgan fingerprint density at radius 2 is 0.711 bits per heavy atom. The van der Waals surface area contributed by atoms with Crippen molar-refractivity contribution in [2.24, 2.45) is 11.5 Å². The first-order valence-electron chi connectivity index (χ1n) is 36.4. The fraction of sp³-hybridized carbons (Fsp3) is 0.912. The second-order valence-electron chi connectivity index (χ2n) is 23.3. The monoisotopic (exact) mass is 1420 g/mol. The van der Waals surface area contributed by atoms with E-state index in [1.165, 1.54) is 127 Å². The fourth-order valence-corrected chi connectivity index (χ4v) is 10.0. The number of thioether (sulfide) groups is 1. The number of carbonyl (C=O) groups excluding carboxylic acids is 6. The number of nitrogens with two attached hydrogens (primary N) is 2. The maximum atomic E-state index is 13.0. The van der Waals surface area contributed by atoms with Crippen LogP contribution >= 0.6 is 11.8 Å². The van der Waals surface area contributed by atoms with Crippen LogP contribution in [0.4, 0.5) is 9.59 Å². The van der Waals surface area contributed by atoms with E-state index >= 15 is 0 Å². The predicted octanol–water partition coefficient (Wildman–Crippen LogP) is 6.05. The Hall–Kier alpha value is -3.79. The molecular weight excluding hydrogens is 1280 g/mol. The van der Waals surface area contributed by atoms with Crippen LogP contribution in [0.15, 0.2) is 0 Å². The number of carbonyl (C=O) groups is 6. The van der Waals surface area contributed by atoms with Crippen LogP contribution in [0.3, 0.4) is 0 Å². The van der Waals surface area contributed by atoms with Crippen molar-refractivity contribution in [1.29, 1.82) is 0 Å². The largest absolute Gasteiger partial charge is 0.446 e. The van der Waals surface area contributed by atoms with Crippen LogP contribution in [-0.2, 0) is 85.5 Å². The van der Waals surface area contributed by atoms with Crippen molar-refractivity contribution in [3.8, 4) is 0 Å². The molecule has 0 aliphatic heterocycles. The summed E-state index contributed by atoms with van der Waals surface area (Å²) in [5, 5.41) is 23.1. The second-order valence-corrected chi connectivity index (χ2v) is 24.4. The van der Waals surface area contributed by atoms with Crippen LogP contribution in [0, 0.1) is 0 Å². The van der Waals surface area contributed by atoms with Gasteiger partial charge in [0.15, 0.2) is 0 Å². The molecule has 0 aromatic carbocycles. The highest BCUT2D eigenvalue weighted by atomic mass is 32.2. The molecule has 29 heteroatoms. The zero-order valence-electron chi connectivity index (χ0n) is 59.7. The molecule has 0 spiro atoms. The van der Waals surface area contributed by atoms with Gasteiger partial charge in [-0.3, -0.25) is 19.2 Å². The molecule has 0 bridgehead atoms. The molecule has 0 fully saturated rings. The van der Waals surface area contributed by atoms with Gasteiger partial charge in [-0.05, 0) is 12.8 Å². The highest BCUT2D eigenvalue weighted by Crippen LogP contribution is 2.14. The van der Waals surface area contributed by atoms with Crippen molar-refractivity contribution in [2.45, 2.75) is 193 Å². The van der Waals surface area contributed by atoms with E-state index in [1.807, 2.05) is 0 Å². The van der Waals surface area contributed by atoms with Gasteiger partial charge in [0.1, 0.15) is 18.8 Å². The number of aliphatic hydroxyl groups is 1. The maximum absolute atomic E-state index is 13.0. The summed E-state index contributed by atoms with van der Waals surface area (Å²) in [6.45, 7) is 13.9. The molecule has 0 aliphatic rings. The minimum absolute atomic E-state index is 0.0948. The Labute approximate surface area is 585 Å². The second kappa shape index (κ2) is 76.4. The summed E-state index contributed by atoms with van der Waals surface area (Å²) in [6.07, 6.45) is 27.3. The Morgan fingerprint density at radius 3 is 1.06 bits per heavy atom. The molecule has 28 nitrogen and oxygen atoms in total. The SMILES string of the molecule is CCCCCCCCCCCCCCNC(=O)OC[C@H](CSC[C@H](N)C(=O)N[C@@H](CO)C(=O)NCCOCCOCCOCCOCCOCCOCCOCCOCCOCCOCCOCCOCCC(=O)NCC(N)=O)OC(=O)NCCCCCCCCCCCCCC. The molecule has 0 unspecified atom stereocenters. The zero-order valence-corrected chi connectivity index (χ0v) is 60.5. The van der Waals surface area contributed by atoms with Crippen molar-refractivity contribution >= 4 is 47.6 Å². The summed E-state index contributed by atoms with van der Waals surface area (Å²) in [5.74, 6) is -1.87. The zero-order chi connectivity index (χ0) is 70.6. The highest BCUT2D eigenvalue weighted by molar-refractivity contribution is 7.99. The fourth-order valence-electron chi connectivity index (χ4n) is 9.05. The number of hydrogen-bond acceptors (Lipinski definition) is 23. The Kier molecular flexibility index (Phi) is 73.4. The van der Waals surface area contributed by atoms with Crippen molar-refractivity contribution in [3.05, 3.63) is 0 Å². The lowest BCUT2D eigenvalue weighted by Crippen LogP contribution is -2.54. The van der Waals surface area contributed by atoms with E-state index in [2.05, 4.69) is 40.4 Å². The predicted molar refractivity (Wildman–Crippen MR) is 374 cm³/mol. The summed E-state index contributed by atoms with van der Waals surface area (Å²) in [7, 11) is 0. The normalized spacial score (nSPS) is 12.3. The van der Waals surface area contributed by atoms with Crippen LogP contribution < -0.4 is 38.1 Å². The van der Waals surface area contributed by atoms with Gasteiger partial charge in [0.2, 0.25) is 23.6 Å². The Bertz CT molecular complexity index is 1780. The number of rotatable bonds is 78. The number of nitrogens with one attached hydrogen (secondary N) is 5. The highest BCUT2D eigenvalue weighted by Gasteiger charge is 2.24. The molecule has 0 heterocycles. The van der Waals surface area contributed by atoms with Gasteiger partial charge in [0, 0.05) is 37.6 Å². The van der Waals surface area contributed by atoms with Gasteiger partial charge in [-0.25, -0.2) is 9.59 Å². The van der Waals surface area contributed by atoms with Gasteiger partial charge in [-0.15, -0.1) is 0 Å². The Morgan fingerprint density at radius 1 is 0.381 bits per heavy atom. The van der Waals surface area contributed by atoms with Gasteiger partial charge >= 0.3 is 12.2 Å². The average Bonchev–Trinajstić information content (AvgIpc) is 3.06. The number of alkyl carbamates (subject to hydrolysis) is 2. The van der Waals surface area contributed by atoms with E-state index in [-0.39, 0.29) is 63.4 Å². The Balaban J connectivity index is 4.04. The van der Waals surface area contributed by atoms with Crippen molar-refractivity contribution in [3.63, 3.8) is 0 Å². The lowest BCUT2D eigenvalue weighted by Gasteiger charge is -2.20. The molecule has 0 saturated heterocycles. The van der Waals surface area contributed by atoms with Gasteiger partial charge in [0.25, 0.3) is 0 Å². The molecule has 10 N–H and O–H groups in total. The number of aliphatic hydroxyl groups excluding tert-OH is 1. The third-order valence-corrected chi connectivity index (χ3v) is 15.8. The quantitative estimate of drug-likeness (QED) is 0.0321. The minimum Gasteiger partial charge on any atom is -0.446 e. The van der Waals surface area contributed by atoms with Crippen LogP contribution in [0.25, 0.3) is 0 Å². The molecule has 0 saturated carbocycles. The van der Waals surface area contributed by atoms with E-state index in [0.29, 0.717) is 152 Å².